The highest BCUT2D eigenvalue weighted by Crippen LogP contribution is 2.53. The molecule has 81 heavy (non-hydrogen) atoms. The molecule has 0 unspecified atom stereocenters. The molecule has 0 aliphatic rings. The molecule has 0 radical (unpaired) electrons. The number of benzene rings is 12. The minimum absolute atomic E-state index is 0.00740. The normalized spacial score (nSPS) is 17.6. The van der Waals surface area contributed by atoms with Crippen LogP contribution >= 0.6 is 0 Å². The van der Waals surface area contributed by atoms with Gasteiger partial charge in [-0.3, -0.25) is 0 Å². The number of fused-ring (bicyclic) bond motifs is 16. The highest BCUT2D eigenvalue weighted by atomic mass is 16.3. The van der Waals surface area contributed by atoms with Gasteiger partial charge in [0, 0.05) is 48.5 Å². The first-order valence-electron chi connectivity index (χ1n) is 41.0. The molecular formula is C74H42N6O. The first kappa shape index (κ1) is 23.3. The average molecular weight is 1060 g/mol. The van der Waals surface area contributed by atoms with Gasteiger partial charge in [-0.25, -0.2) is 4.85 Å². The Kier molecular flexibility index (Phi) is 4.91. The van der Waals surface area contributed by atoms with Crippen LogP contribution in [-0.2, 0) is 0 Å². The quantitative estimate of drug-likeness (QED) is 0.156. The van der Waals surface area contributed by atoms with Gasteiger partial charge in [-0.15, -0.1) is 0 Å². The van der Waals surface area contributed by atoms with Gasteiger partial charge in [-0.1, -0.05) is 193 Å². The van der Waals surface area contributed by atoms with E-state index < -0.39 is 316 Å². The van der Waals surface area contributed by atoms with E-state index in [1.807, 2.05) is 0 Å². The molecule has 17 rings (SSSR count). The molecule has 0 fully saturated rings. The number of para-hydroxylation sites is 7. The molecule has 0 atom stereocenters. The molecule has 0 aliphatic heterocycles. The largest absolute Gasteiger partial charge is 0.456 e. The molecule has 0 aliphatic carbocycles. The lowest BCUT2D eigenvalue weighted by Crippen LogP contribution is -2.14. The third kappa shape index (κ3) is 6.15. The summed E-state index contributed by atoms with van der Waals surface area (Å²) in [6.45, 7) is 10.0. The molecule has 7 nitrogen and oxygen atoms in total. The number of hydrogen-bond donors (Lipinski definition) is 0. The van der Waals surface area contributed by atoms with Crippen LogP contribution in [0.5, 0.6) is 0 Å². The van der Waals surface area contributed by atoms with Crippen LogP contribution in [0, 0.1) is 17.9 Å². The van der Waals surface area contributed by atoms with Crippen molar-refractivity contribution in [3.8, 4) is 51.1 Å². The molecule has 7 heteroatoms. The van der Waals surface area contributed by atoms with E-state index in [9.17, 15) is 48.8 Å². The van der Waals surface area contributed by atoms with E-state index >= 15 is 0 Å². The summed E-state index contributed by atoms with van der Waals surface area (Å²) in [5.41, 5.74) is -13.7. The molecule has 0 saturated heterocycles. The molecule has 0 N–H and O–H groups in total. The van der Waals surface area contributed by atoms with E-state index in [1.54, 1.807) is 24.3 Å². The fourth-order valence-electron chi connectivity index (χ4n) is 11.5. The second-order valence-electron chi connectivity index (χ2n) is 18.4. The van der Waals surface area contributed by atoms with Crippen LogP contribution in [0.1, 0.15) is 50.8 Å². The van der Waals surface area contributed by atoms with Gasteiger partial charge in [-0.2, -0.15) is 5.26 Å². The van der Waals surface area contributed by atoms with Crippen molar-refractivity contribution in [2.24, 2.45) is 0 Å². The summed E-state index contributed by atoms with van der Waals surface area (Å²) in [6, 6.07) is -17.6. The predicted octanol–water partition coefficient (Wildman–Crippen LogP) is 19.7. The lowest BCUT2D eigenvalue weighted by Gasteiger charge is -2.27. The van der Waals surface area contributed by atoms with E-state index in [4.69, 9.17) is 12.6 Å². The summed E-state index contributed by atoms with van der Waals surface area (Å²) in [7, 11) is 0. The summed E-state index contributed by atoms with van der Waals surface area (Å²) in [5, 5.41) is 9.38. The summed E-state index contributed by atoms with van der Waals surface area (Å²) >= 11 is 0. The van der Waals surface area contributed by atoms with Crippen molar-refractivity contribution >= 4 is 115 Å². The van der Waals surface area contributed by atoms with Gasteiger partial charge in [-0.05, 0) is 82.8 Å². The number of nitrogens with zero attached hydrogens (tertiary/aromatic N) is 6. The van der Waals surface area contributed by atoms with E-state index in [-0.39, 0.29) is 49.3 Å². The highest BCUT2D eigenvalue weighted by molar-refractivity contribution is 6.26. The first-order valence-corrected chi connectivity index (χ1v) is 24.5. The zero-order valence-electron chi connectivity index (χ0n) is 73.8. The Morgan fingerprint density at radius 1 is 0.383 bits per heavy atom. The number of hydrogen-bond acceptors (Lipinski definition) is 2. The van der Waals surface area contributed by atoms with Gasteiger partial charge in [0.05, 0.1) is 130 Å². The lowest BCUT2D eigenvalue weighted by molar-refractivity contribution is 0.669. The van der Waals surface area contributed by atoms with Crippen LogP contribution in [0.25, 0.3) is 159 Å². The van der Waals surface area contributed by atoms with Crippen LogP contribution in [0.2, 0.25) is 0 Å². The summed E-state index contributed by atoms with van der Waals surface area (Å²) < 4.78 is 324. The van der Waals surface area contributed by atoms with Gasteiger partial charge in [0.2, 0.25) is 5.69 Å². The third-order valence-corrected chi connectivity index (χ3v) is 14.6. The van der Waals surface area contributed by atoms with E-state index in [0.717, 1.165) is 9.13 Å². The Balaban J connectivity index is 1.30. The second-order valence-corrected chi connectivity index (χ2v) is 18.4. The summed E-state index contributed by atoms with van der Waals surface area (Å²) in [6.07, 6.45) is 0. The number of nitriles is 1. The zero-order valence-corrected chi connectivity index (χ0v) is 40.8. The van der Waals surface area contributed by atoms with Gasteiger partial charge in [0.15, 0.2) is 0 Å². The summed E-state index contributed by atoms with van der Waals surface area (Å²) in [5.74, 6) is 0. The molecule has 0 bridgehead atoms. The van der Waals surface area contributed by atoms with Crippen LogP contribution in [0.15, 0.2) is 258 Å². The molecule has 5 heterocycles. The predicted molar refractivity (Wildman–Crippen MR) is 333 cm³/mol. The fraction of sp³-hybridized carbons (Fsp3) is 0. The van der Waals surface area contributed by atoms with Crippen molar-refractivity contribution in [1.82, 2.24) is 18.3 Å². The number of aromatic nitrogens is 4. The fourth-order valence-corrected chi connectivity index (χ4v) is 11.5. The van der Waals surface area contributed by atoms with Gasteiger partial charge >= 0.3 is 0 Å². The smallest absolute Gasteiger partial charge is 0.237 e. The van der Waals surface area contributed by atoms with E-state index in [2.05, 4.69) is 10.9 Å². The van der Waals surface area contributed by atoms with Crippen molar-refractivity contribution in [2.45, 2.75) is 0 Å². The molecule has 0 spiro atoms. The second kappa shape index (κ2) is 17.1. The maximum absolute atomic E-state index is 13.2. The van der Waals surface area contributed by atoms with Crippen LogP contribution in [0.3, 0.4) is 0 Å². The van der Waals surface area contributed by atoms with E-state index in [1.165, 1.54) is 34.9 Å². The van der Waals surface area contributed by atoms with Gasteiger partial charge < -0.3 is 22.7 Å². The standard InChI is InChI=1S/C74H42N6O/c1-76-69-71(77-59-32-14-7-25-49(59)50-26-8-15-33-60(50)77)58(44-75)72(78-61-34-16-9-27-51(61)52-28-10-17-35-62(52)78)74(73(69)79-63-36-18-11-29-53(63)54-30-12-19-37-64(54)79)80-65-43-46(48-24-6-5-23-47(48)45-21-3-2-4-22-45)39-40-55(65)56-41-42-67-68(70(56)80)57-31-13-20-38-66(57)81-67/h2-43H/i2D,3D,4D,5D,6D,7D,8D,9D,10D,11D,12D,14D,15D,16D,17D,18D,19D,21D,22D,23D,24D,25D,26D,27D,28D,29D,30D,32D,33D,34D,35D,36D,37D. The Labute approximate surface area is 509 Å². The third-order valence-electron chi connectivity index (χ3n) is 14.6. The Morgan fingerprint density at radius 3 is 1.37 bits per heavy atom. The molecule has 374 valence electrons. The lowest BCUT2D eigenvalue weighted by atomic mass is 9.94. The highest BCUT2D eigenvalue weighted by Gasteiger charge is 2.35. The molecule has 17 aromatic rings. The molecule has 5 aromatic heterocycles. The van der Waals surface area contributed by atoms with Gasteiger partial charge in [0.25, 0.3) is 0 Å². The Bertz CT molecular complexity index is 7220. The summed E-state index contributed by atoms with van der Waals surface area (Å²) in [4.78, 5) is 4.21. The van der Waals surface area contributed by atoms with Crippen molar-refractivity contribution in [3.05, 3.63) is 271 Å². The Hall–Kier alpha value is -11.4. The van der Waals surface area contributed by atoms with Crippen LogP contribution in [-0.4, -0.2) is 18.3 Å². The maximum atomic E-state index is 13.2. The van der Waals surface area contributed by atoms with E-state index in [0.29, 0.717) is 4.57 Å². The van der Waals surface area contributed by atoms with Gasteiger partial charge in [0.1, 0.15) is 17.2 Å². The van der Waals surface area contributed by atoms with Crippen molar-refractivity contribution in [3.63, 3.8) is 0 Å². The zero-order chi connectivity index (χ0) is 82.2. The van der Waals surface area contributed by atoms with Crippen molar-refractivity contribution < 1.29 is 49.7 Å². The van der Waals surface area contributed by atoms with Crippen LogP contribution < -0.4 is 0 Å². The average Bonchev–Trinajstić information content (AvgIpc) is 1.52. The minimum atomic E-state index is -1.12. The first-order chi connectivity index (χ1) is 53.9. The molecular weight excluding hydrogens is 989 g/mol. The minimum Gasteiger partial charge on any atom is -0.456 e. The number of rotatable bonds is 6. The van der Waals surface area contributed by atoms with Crippen molar-refractivity contribution in [2.75, 3.05) is 0 Å². The maximum Gasteiger partial charge on any atom is 0.237 e. The number of furan rings is 1. The van der Waals surface area contributed by atoms with Crippen molar-refractivity contribution in [1.29, 1.82) is 5.26 Å². The molecule has 0 amide bonds. The topological polar surface area (TPSA) is 61.0 Å². The SMILES string of the molecule is [2H]c1c([2H])c([2H])c(-c2c([2H])c([2H])c([2H])c([2H])c2-c2ccc3c4ccc5oc6ccccc6c5c4n(-c4c(-n5c6c([2H])c([2H])c([2H])c([2H])c6c6c([2H])c([2H])c([2H])c([2H])c65)c(C#N)c(-n5c6c([2H])c([2H])c([2H])c([2H])c6c6c([2H])c([2H])c([2H])c([2H])c65)c([N+]#[C-])c4-n4c5c([2H])c([2H])c([2H])c([2H])c5c5c([2H])c([2H])c([2H])c([2H])c54)c3c2)c([2H])c1[2H]. The van der Waals surface area contributed by atoms with Crippen LogP contribution in [0.4, 0.5) is 5.69 Å². The molecule has 12 aromatic carbocycles. The monoisotopic (exact) mass is 1060 g/mol. The molecule has 0 saturated carbocycles. The Morgan fingerprint density at radius 2 is 0.840 bits per heavy atom.